The van der Waals surface area contributed by atoms with Crippen LogP contribution in [0.5, 0.6) is 0 Å². The highest BCUT2D eigenvalue weighted by Crippen LogP contribution is 2.15. The normalized spacial score (nSPS) is 12.5. The third kappa shape index (κ3) is 8.05. The van der Waals surface area contributed by atoms with Gasteiger partial charge in [0.2, 0.25) is 0 Å². The van der Waals surface area contributed by atoms with Crippen LogP contribution in [0.15, 0.2) is 33.7 Å². The Balaban J connectivity index is 0.000000201. The van der Waals surface area contributed by atoms with E-state index in [4.69, 9.17) is 9.84 Å². The lowest BCUT2D eigenvalue weighted by Gasteiger charge is -2.01. The summed E-state index contributed by atoms with van der Waals surface area (Å²) in [5.74, 6) is 0. The number of aliphatic hydroxyl groups excluding tert-OH is 1. The Morgan fingerprint density at radius 1 is 1.04 bits per heavy atom. The largest absolute Gasteiger partial charge is 0.502 e. The summed E-state index contributed by atoms with van der Waals surface area (Å²) in [6.07, 6.45) is 11.1. The van der Waals surface area contributed by atoms with E-state index < -0.39 is 0 Å². The summed E-state index contributed by atoms with van der Waals surface area (Å²) in [5.41, 5.74) is 1.84. The van der Waals surface area contributed by atoms with Gasteiger partial charge in [0.15, 0.2) is 0 Å². The van der Waals surface area contributed by atoms with Crippen LogP contribution in [0.25, 0.3) is 0 Å². The van der Waals surface area contributed by atoms with E-state index in [1.165, 1.54) is 12.8 Å². The molecule has 26 heavy (non-hydrogen) atoms. The Morgan fingerprint density at radius 3 is 1.85 bits per heavy atom. The summed E-state index contributed by atoms with van der Waals surface area (Å²) in [6, 6.07) is 0. The highest BCUT2D eigenvalue weighted by atomic mass is 79.9. The molecule has 146 valence electrons. The van der Waals surface area contributed by atoms with Crippen molar-refractivity contribution in [1.29, 1.82) is 0 Å². The molecule has 3 heterocycles. The summed E-state index contributed by atoms with van der Waals surface area (Å²) in [7, 11) is 0. The van der Waals surface area contributed by atoms with Crippen LogP contribution in [-0.4, -0.2) is 31.3 Å². The van der Waals surface area contributed by atoms with Crippen LogP contribution >= 0.6 is 31.9 Å². The molecule has 0 unspecified atom stereocenters. The van der Waals surface area contributed by atoms with Gasteiger partial charge in [-0.05, 0) is 71.0 Å². The molecule has 1 aliphatic rings. The van der Waals surface area contributed by atoms with E-state index in [0.717, 1.165) is 40.8 Å². The van der Waals surface area contributed by atoms with Crippen molar-refractivity contribution in [1.82, 2.24) is 19.6 Å². The number of nitrogens with zero attached hydrogens (tertiary/aromatic N) is 4. The Bertz CT molecular complexity index is 612. The van der Waals surface area contributed by atoms with Crippen LogP contribution in [-0.2, 0) is 30.9 Å². The zero-order chi connectivity index (χ0) is 19.4. The van der Waals surface area contributed by atoms with Gasteiger partial charge < -0.3 is 9.84 Å². The van der Waals surface area contributed by atoms with Crippen molar-refractivity contribution in [3.8, 4) is 0 Å². The predicted molar refractivity (Wildman–Crippen MR) is 111 cm³/mol. The molecule has 0 aromatic carbocycles. The molecule has 6 nitrogen and oxygen atoms in total. The van der Waals surface area contributed by atoms with Gasteiger partial charge in [-0.1, -0.05) is 6.92 Å². The molecule has 0 radical (unpaired) electrons. The molecule has 0 atom stereocenters. The number of hydrogen-bond donors (Lipinski definition) is 1. The average molecular weight is 492 g/mol. The average Bonchev–Trinajstić information content (AvgIpc) is 3.25. The maximum atomic E-state index is 8.72. The van der Waals surface area contributed by atoms with E-state index in [1.54, 1.807) is 10.9 Å². The third-order valence-corrected chi connectivity index (χ3v) is 4.86. The molecule has 0 saturated carbocycles. The summed E-state index contributed by atoms with van der Waals surface area (Å²) in [6.45, 7) is 8.87. The van der Waals surface area contributed by atoms with E-state index in [2.05, 4.69) is 55.9 Å². The molecule has 1 aliphatic heterocycles. The molecule has 3 rings (SSSR count). The maximum absolute atomic E-state index is 8.72. The van der Waals surface area contributed by atoms with Gasteiger partial charge in [-0.25, -0.2) is 0 Å². The Morgan fingerprint density at radius 2 is 1.62 bits per heavy atom. The van der Waals surface area contributed by atoms with Gasteiger partial charge in [-0.3, -0.25) is 9.36 Å². The first-order valence-corrected chi connectivity index (χ1v) is 10.4. The Kier molecular flexibility index (Phi) is 11.6. The summed E-state index contributed by atoms with van der Waals surface area (Å²) in [5, 5.41) is 17.1. The van der Waals surface area contributed by atoms with E-state index in [-0.39, 0.29) is 6.61 Å². The molecular weight excluding hydrogens is 464 g/mol. The quantitative estimate of drug-likeness (QED) is 0.673. The van der Waals surface area contributed by atoms with Crippen molar-refractivity contribution >= 4 is 31.9 Å². The molecule has 0 bridgehead atoms. The zero-order valence-corrected chi connectivity index (χ0v) is 18.8. The number of ether oxygens (including phenoxy) is 1. The fraction of sp³-hybridized carbons (Fsp3) is 0.556. The Labute approximate surface area is 172 Å². The first-order valence-electron chi connectivity index (χ1n) is 8.86. The lowest BCUT2D eigenvalue weighted by molar-refractivity contribution is 0.231. The standard InChI is InChI=1S/C7H11BrN2.C6H9BrN2O.C5H8O/c1-3-7-6(8)5-10(4-2)9-7;1-2-9-3-5(7)6(4-10)8-9;1-2-4-6-5-3-1/h5H,3-4H2,1-2H3;3,10H,2,4H2,1H3;2,4H,1,3,5H2. The zero-order valence-electron chi connectivity index (χ0n) is 15.7. The number of allylic oxidation sites excluding steroid dienone is 1. The van der Waals surface area contributed by atoms with Gasteiger partial charge in [0.25, 0.3) is 0 Å². The minimum absolute atomic E-state index is 0.00637. The van der Waals surface area contributed by atoms with Gasteiger partial charge >= 0.3 is 0 Å². The number of rotatable bonds is 4. The summed E-state index contributed by atoms with van der Waals surface area (Å²) >= 11 is 6.71. The van der Waals surface area contributed by atoms with E-state index in [9.17, 15) is 0 Å². The lowest BCUT2D eigenvalue weighted by Crippen LogP contribution is -1.95. The van der Waals surface area contributed by atoms with E-state index in [1.807, 2.05) is 30.1 Å². The number of halogens is 2. The fourth-order valence-corrected chi connectivity index (χ4v) is 3.07. The van der Waals surface area contributed by atoms with Crippen molar-refractivity contribution < 1.29 is 9.84 Å². The molecule has 0 saturated heterocycles. The molecular formula is C18H28Br2N4O2. The van der Waals surface area contributed by atoms with Gasteiger partial charge in [-0.2, -0.15) is 10.2 Å². The fourth-order valence-electron chi connectivity index (χ4n) is 2.03. The van der Waals surface area contributed by atoms with Crippen molar-refractivity contribution in [2.45, 2.75) is 59.7 Å². The molecule has 0 aliphatic carbocycles. The van der Waals surface area contributed by atoms with Gasteiger partial charge in [0.1, 0.15) is 5.69 Å². The topological polar surface area (TPSA) is 65.1 Å². The molecule has 0 fully saturated rings. The number of aromatic nitrogens is 4. The number of aryl methyl sites for hydroxylation is 3. The summed E-state index contributed by atoms with van der Waals surface area (Å²) in [4.78, 5) is 0. The molecule has 2 aromatic heterocycles. The highest BCUT2D eigenvalue weighted by Gasteiger charge is 2.02. The molecule has 0 amide bonds. The molecule has 8 heteroatoms. The molecule has 0 spiro atoms. The minimum atomic E-state index is -0.00637. The lowest BCUT2D eigenvalue weighted by atomic mass is 10.3. The van der Waals surface area contributed by atoms with E-state index in [0.29, 0.717) is 5.69 Å². The first-order chi connectivity index (χ1) is 12.5. The van der Waals surface area contributed by atoms with Crippen LogP contribution in [0.3, 0.4) is 0 Å². The number of aliphatic hydroxyl groups is 1. The monoisotopic (exact) mass is 490 g/mol. The maximum Gasteiger partial charge on any atom is 0.102 e. The SMILES string of the molecule is C1=COCCC1.CCc1nn(CC)cc1Br.CCn1cc(Br)c(CO)n1. The van der Waals surface area contributed by atoms with Crippen LogP contribution in [0, 0.1) is 0 Å². The van der Waals surface area contributed by atoms with E-state index >= 15 is 0 Å². The summed E-state index contributed by atoms with van der Waals surface area (Å²) < 4.78 is 10.6. The van der Waals surface area contributed by atoms with Crippen LogP contribution in [0.4, 0.5) is 0 Å². The van der Waals surface area contributed by atoms with Crippen molar-refractivity contribution in [3.05, 3.63) is 45.1 Å². The first kappa shape index (κ1) is 22.9. The van der Waals surface area contributed by atoms with Crippen LogP contribution in [0.2, 0.25) is 0 Å². The van der Waals surface area contributed by atoms with Gasteiger partial charge in [-0.15, -0.1) is 0 Å². The molecule has 2 aromatic rings. The number of hydrogen-bond acceptors (Lipinski definition) is 4. The Hall–Kier alpha value is -1.12. The van der Waals surface area contributed by atoms with Crippen molar-refractivity contribution in [2.75, 3.05) is 6.61 Å². The second-order valence-electron chi connectivity index (χ2n) is 5.46. The highest BCUT2D eigenvalue weighted by molar-refractivity contribution is 9.10. The minimum Gasteiger partial charge on any atom is -0.502 e. The van der Waals surface area contributed by atoms with Crippen LogP contribution in [0.1, 0.15) is 45.0 Å². The van der Waals surface area contributed by atoms with Crippen molar-refractivity contribution in [3.63, 3.8) is 0 Å². The second kappa shape index (κ2) is 13.1. The van der Waals surface area contributed by atoms with Crippen LogP contribution < -0.4 is 0 Å². The third-order valence-electron chi connectivity index (χ3n) is 3.53. The smallest absolute Gasteiger partial charge is 0.102 e. The second-order valence-corrected chi connectivity index (χ2v) is 7.16. The van der Waals surface area contributed by atoms with Gasteiger partial charge in [0.05, 0.1) is 34.1 Å². The van der Waals surface area contributed by atoms with Gasteiger partial charge in [0, 0.05) is 25.5 Å². The van der Waals surface area contributed by atoms with Crippen molar-refractivity contribution in [2.24, 2.45) is 0 Å². The predicted octanol–water partition coefficient (Wildman–Crippen LogP) is 4.70. The molecule has 1 N–H and O–H groups in total.